The fourth-order valence-electron chi connectivity index (χ4n) is 1.74. The number of nitrogens with two attached hydrogens (primary N) is 1. The second kappa shape index (κ2) is 9.19. The summed E-state index contributed by atoms with van der Waals surface area (Å²) in [6, 6.07) is 17.6. The predicted octanol–water partition coefficient (Wildman–Crippen LogP) is 3.66. The summed E-state index contributed by atoms with van der Waals surface area (Å²) >= 11 is 4.95. The molecule has 0 spiro atoms. The molecule has 0 aliphatic carbocycles. The summed E-state index contributed by atoms with van der Waals surface area (Å²) in [7, 11) is 0. The van der Waals surface area contributed by atoms with Crippen molar-refractivity contribution >= 4 is 23.6 Å². The monoisotopic (exact) mass is 337 g/mol. The summed E-state index contributed by atoms with van der Waals surface area (Å²) in [5.74, 6) is 0. The van der Waals surface area contributed by atoms with Crippen LogP contribution in [0.1, 0.15) is 31.0 Å². The Morgan fingerprint density at radius 2 is 1.68 bits per heavy atom. The van der Waals surface area contributed by atoms with Crippen molar-refractivity contribution in [2.45, 2.75) is 26.8 Å². The topological polar surface area (TPSA) is 55.5 Å². The number of rotatable bonds is 4. The molecule has 0 aliphatic heterocycles. The van der Waals surface area contributed by atoms with Gasteiger partial charge in [-0.15, -0.1) is 0 Å². The lowest BCUT2D eigenvalue weighted by molar-refractivity contribution is 0.335. The summed E-state index contributed by atoms with van der Waals surface area (Å²) in [6.07, 6.45) is 0. The molecule has 0 bridgehead atoms. The van der Waals surface area contributed by atoms with Crippen molar-refractivity contribution in [1.29, 1.82) is 0 Å². The average molecular weight is 337 g/mol. The first-order chi connectivity index (χ1) is 10.4. The fourth-order valence-corrected chi connectivity index (χ4v) is 3.47. The van der Waals surface area contributed by atoms with Crippen LogP contribution in [0.2, 0.25) is 0 Å². The van der Waals surface area contributed by atoms with E-state index in [4.69, 9.17) is 22.1 Å². The van der Waals surface area contributed by atoms with E-state index in [1.165, 1.54) is 11.1 Å². The number of hydrogen-bond acceptors (Lipinski definition) is 3. The van der Waals surface area contributed by atoms with Crippen LogP contribution in [0.15, 0.2) is 54.6 Å². The standard InChI is InChI=1S/C9H13N.C8H11O2PS/c1-7-3-5-9(6-4-7)8(2)10;1-2-10-11(9,12)8-6-4-3-5-7-8/h3-6,8H,10H2,1-2H3;3-7H,2H2,1H3,(H,9,12)/t8-;/m1./s1. The van der Waals surface area contributed by atoms with Crippen LogP contribution in [0.4, 0.5) is 0 Å². The van der Waals surface area contributed by atoms with Crippen LogP contribution < -0.4 is 11.0 Å². The fraction of sp³-hybridized carbons (Fsp3) is 0.294. The van der Waals surface area contributed by atoms with Crippen LogP contribution in [0, 0.1) is 6.92 Å². The second-order valence-electron chi connectivity index (χ2n) is 4.97. The molecular formula is C17H24NO2PS. The highest BCUT2D eigenvalue weighted by atomic mass is 32.5. The molecule has 2 atom stereocenters. The molecule has 0 amide bonds. The van der Waals surface area contributed by atoms with Gasteiger partial charge < -0.3 is 15.2 Å². The molecule has 0 heterocycles. The van der Waals surface area contributed by atoms with E-state index in [-0.39, 0.29) is 6.04 Å². The molecule has 2 rings (SSSR count). The summed E-state index contributed by atoms with van der Waals surface area (Å²) in [5.41, 5.74) is 8.15. The second-order valence-corrected chi connectivity index (χ2v) is 8.27. The molecule has 22 heavy (non-hydrogen) atoms. The van der Waals surface area contributed by atoms with Crippen LogP contribution in [0.3, 0.4) is 0 Å². The zero-order valence-corrected chi connectivity index (χ0v) is 15.0. The smallest absolute Gasteiger partial charge is 0.216 e. The van der Waals surface area contributed by atoms with E-state index in [0.29, 0.717) is 11.9 Å². The molecule has 0 aliphatic rings. The molecule has 3 N–H and O–H groups in total. The Morgan fingerprint density at radius 1 is 1.14 bits per heavy atom. The van der Waals surface area contributed by atoms with Gasteiger partial charge in [-0.2, -0.15) is 0 Å². The maximum absolute atomic E-state index is 9.69. The molecule has 1 unspecified atom stereocenters. The van der Waals surface area contributed by atoms with Crippen LogP contribution in [-0.2, 0) is 16.3 Å². The van der Waals surface area contributed by atoms with E-state index in [1.807, 2.05) is 32.0 Å². The van der Waals surface area contributed by atoms with Crippen LogP contribution in [0.5, 0.6) is 0 Å². The summed E-state index contributed by atoms with van der Waals surface area (Å²) in [6.45, 7) is 3.62. The maximum atomic E-state index is 9.69. The lowest BCUT2D eigenvalue weighted by Crippen LogP contribution is -2.05. The van der Waals surface area contributed by atoms with Crippen LogP contribution in [-0.4, -0.2) is 11.5 Å². The van der Waals surface area contributed by atoms with Gasteiger partial charge in [0, 0.05) is 11.3 Å². The third-order valence-corrected chi connectivity index (χ3v) is 5.50. The largest absolute Gasteiger partial charge is 0.342 e. The molecule has 2 aromatic rings. The molecule has 0 aromatic heterocycles. The van der Waals surface area contributed by atoms with E-state index in [0.717, 1.165) is 0 Å². The number of aryl methyl sites for hydroxylation is 1. The van der Waals surface area contributed by atoms with Gasteiger partial charge in [-0.05, 0) is 50.3 Å². The Kier molecular flexibility index (Phi) is 7.94. The quantitative estimate of drug-likeness (QED) is 0.836. The van der Waals surface area contributed by atoms with Gasteiger partial charge in [0.1, 0.15) is 0 Å². The van der Waals surface area contributed by atoms with E-state index in [2.05, 4.69) is 31.2 Å². The normalized spacial score (nSPS) is 14.4. The molecule has 120 valence electrons. The predicted molar refractivity (Wildman–Crippen MR) is 98.0 cm³/mol. The summed E-state index contributed by atoms with van der Waals surface area (Å²) in [4.78, 5) is 9.69. The van der Waals surface area contributed by atoms with Crippen molar-refractivity contribution in [3.05, 3.63) is 65.7 Å². The van der Waals surface area contributed by atoms with Crippen LogP contribution >= 0.6 is 6.49 Å². The molecule has 0 saturated heterocycles. The van der Waals surface area contributed by atoms with Gasteiger partial charge in [-0.3, -0.25) is 0 Å². The SMILES string of the molecule is CCOP(O)(=S)c1ccccc1.Cc1ccc([C@@H](C)N)cc1. The first-order valence-corrected chi connectivity index (χ1v) is 9.89. The Bertz CT molecular complexity index is 600. The van der Waals surface area contributed by atoms with Crippen molar-refractivity contribution in [2.24, 2.45) is 5.73 Å². The van der Waals surface area contributed by atoms with Crippen molar-refractivity contribution in [1.82, 2.24) is 0 Å². The average Bonchev–Trinajstić information content (AvgIpc) is 2.49. The highest BCUT2D eigenvalue weighted by Gasteiger charge is 2.14. The van der Waals surface area contributed by atoms with Gasteiger partial charge in [0.05, 0.1) is 6.61 Å². The molecule has 0 saturated carbocycles. The zero-order chi connectivity index (χ0) is 16.6. The van der Waals surface area contributed by atoms with Gasteiger partial charge >= 0.3 is 0 Å². The Balaban J connectivity index is 0.000000224. The van der Waals surface area contributed by atoms with Crippen molar-refractivity contribution < 1.29 is 9.42 Å². The third-order valence-electron chi connectivity index (χ3n) is 2.99. The van der Waals surface area contributed by atoms with Crippen molar-refractivity contribution in [3.8, 4) is 0 Å². The zero-order valence-electron chi connectivity index (χ0n) is 13.3. The molecule has 5 heteroatoms. The minimum atomic E-state index is -2.71. The minimum absolute atomic E-state index is 0.153. The molecular weight excluding hydrogens is 313 g/mol. The molecule has 0 fully saturated rings. The van der Waals surface area contributed by atoms with Crippen LogP contribution in [0.25, 0.3) is 0 Å². The third kappa shape index (κ3) is 6.39. The van der Waals surface area contributed by atoms with E-state index in [1.54, 1.807) is 12.1 Å². The Morgan fingerprint density at radius 3 is 2.14 bits per heavy atom. The van der Waals surface area contributed by atoms with E-state index >= 15 is 0 Å². The maximum Gasteiger partial charge on any atom is 0.216 e. The highest BCUT2D eigenvalue weighted by molar-refractivity contribution is 8.13. The van der Waals surface area contributed by atoms with Gasteiger partial charge in [-0.1, -0.05) is 48.0 Å². The highest BCUT2D eigenvalue weighted by Crippen LogP contribution is 2.40. The van der Waals surface area contributed by atoms with Gasteiger partial charge in [0.2, 0.25) is 6.49 Å². The first kappa shape index (κ1) is 19.0. The molecule has 0 radical (unpaired) electrons. The molecule has 3 nitrogen and oxygen atoms in total. The molecule has 2 aromatic carbocycles. The van der Waals surface area contributed by atoms with E-state index < -0.39 is 6.49 Å². The Labute approximate surface area is 138 Å². The number of benzene rings is 2. The summed E-state index contributed by atoms with van der Waals surface area (Å²) < 4.78 is 5.10. The first-order valence-electron chi connectivity index (χ1n) is 7.22. The van der Waals surface area contributed by atoms with E-state index in [9.17, 15) is 4.89 Å². The van der Waals surface area contributed by atoms with Crippen molar-refractivity contribution in [2.75, 3.05) is 6.61 Å². The van der Waals surface area contributed by atoms with Gasteiger partial charge in [0.25, 0.3) is 0 Å². The number of hydrogen-bond donors (Lipinski definition) is 2. The van der Waals surface area contributed by atoms with Crippen molar-refractivity contribution in [3.63, 3.8) is 0 Å². The minimum Gasteiger partial charge on any atom is -0.342 e. The van der Waals surface area contributed by atoms with Gasteiger partial charge in [-0.25, -0.2) is 0 Å². The Hall–Kier alpha value is -1.03. The summed E-state index contributed by atoms with van der Waals surface area (Å²) in [5, 5.41) is 0.710. The van der Waals surface area contributed by atoms with Gasteiger partial charge in [0.15, 0.2) is 0 Å². The lowest BCUT2D eigenvalue weighted by Gasteiger charge is -2.13. The lowest BCUT2D eigenvalue weighted by atomic mass is 10.1.